The summed E-state index contributed by atoms with van der Waals surface area (Å²) in [5.74, 6) is 0. The standard InChI is InChI=1S/C23H46O9.C17H36O4.C11H24O/c1-2-3-4-5-6-7-8-9-10-11-28-12-13-29-14-15-30-16-17-31-23-22(27)21(26)20(25)19(18-24)32-23;1-2-3-4-5-6-7-8-9-10-12-19-14-16-21-17-15-20-13-11-18;1-2-3-4-5-6-7-8-9-10-11-12/h19-27H,2-18H2,1H3;18H,2-17H2,1H3;12H,2-11H2,1H3. The van der Waals surface area contributed by atoms with E-state index in [1.165, 1.54) is 154 Å². The Bertz CT molecular complexity index is 817. The zero-order valence-electron chi connectivity index (χ0n) is 42.2. The van der Waals surface area contributed by atoms with Gasteiger partial charge in [0.25, 0.3) is 0 Å². The van der Waals surface area contributed by atoms with E-state index in [2.05, 4.69) is 20.8 Å². The van der Waals surface area contributed by atoms with Crippen molar-refractivity contribution in [3.05, 3.63) is 0 Å². The third kappa shape index (κ3) is 49.7. The summed E-state index contributed by atoms with van der Waals surface area (Å²) in [7, 11) is 0. The summed E-state index contributed by atoms with van der Waals surface area (Å²) in [6.07, 6.45) is 29.3. The highest BCUT2D eigenvalue weighted by atomic mass is 16.7. The van der Waals surface area contributed by atoms with Gasteiger partial charge in [-0.3, -0.25) is 0 Å². The van der Waals surface area contributed by atoms with Crippen molar-refractivity contribution in [3.8, 4) is 0 Å². The minimum atomic E-state index is -1.44. The maximum Gasteiger partial charge on any atom is 0.186 e. The lowest BCUT2D eigenvalue weighted by Crippen LogP contribution is -2.59. The Morgan fingerprint density at radius 3 is 0.954 bits per heavy atom. The van der Waals surface area contributed by atoms with E-state index in [1.54, 1.807) is 0 Å². The van der Waals surface area contributed by atoms with Crippen LogP contribution in [0.25, 0.3) is 0 Å². The SMILES string of the molecule is CCCCCCCCCCCO.CCCCCCCCCCCOCCOCCOCCO.CCCCCCCCCCCOCCOCCOCCOC1OC(CO)C(O)C(O)C1O. The third-order valence-corrected chi connectivity index (χ3v) is 11.1. The monoisotopic (exact) mass is 943 g/mol. The van der Waals surface area contributed by atoms with Gasteiger partial charge in [-0.2, -0.15) is 0 Å². The first kappa shape index (κ1) is 66.5. The van der Waals surface area contributed by atoms with E-state index in [-0.39, 0.29) is 19.8 Å². The van der Waals surface area contributed by atoms with Crippen molar-refractivity contribution >= 4 is 0 Å². The molecule has 0 spiro atoms. The maximum atomic E-state index is 9.86. The van der Waals surface area contributed by atoms with E-state index in [4.69, 9.17) is 53.2 Å². The largest absolute Gasteiger partial charge is 0.396 e. The van der Waals surface area contributed by atoms with Crippen molar-refractivity contribution < 1.29 is 68.5 Å². The summed E-state index contributed by atoms with van der Waals surface area (Å²) in [6.45, 7) is 13.5. The second-order valence-corrected chi connectivity index (χ2v) is 17.2. The first-order valence-corrected chi connectivity index (χ1v) is 26.5. The molecular weight excluding hydrogens is 837 g/mol. The van der Waals surface area contributed by atoms with E-state index >= 15 is 0 Å². The second-order valence-electron chi connectivity index (χ2n) is 17.2. The van der Waals surface area contributed by atoms with Gasteiger partial charge in [0.15, 0.2) is 6.29 Å². The molecule has 0 aliphatic carbocycles. The molecule has 1 rings (SSSR count). The van der Waals surface area contributed by atoms with E-state index in [1.807, 2.05) is 0 Å². The van der Waals surface area contributed by atoms with Crippen LogP contribution in [0.5, 0.6) is 0 Å². The van der Waals surface area contributed by atoms with Crippen LogP contribution in [-0.4, -0.2) is 167 Å². The van der Waals surface area contributed by atoms with Crippen LogP contribution >= 0.6 is 0 Å². The van der Waals surface area contributed by atoms with Gasteiger partial charge in [-0.15, -0.1) is 0 Å². The fourth-order valence-corrected chi connectivity index (χ4v) is 7.03. The van der Waals surface area contributed by atoms with Crippen LogP contribution in [0.3, 0.4) is 0 Å². The van der Waals surface area contributed by atoms with Crippen molar-refractivity contribution in [1.29, 1.82) is 0 Å². The average Bonchev–Trinajstić information content (AvgIpc) is 3.32. The minimum Gasteiger partial charge on any atom is -0.396 e. The topological polar surface area (TPSA) is 195 Å². The minimum absolute atomic E-state index is 0.0713. The number of aliphatic hydroxyl groups excluding tert-OH is 6. The summed E-state index contributed by atoms with van der Waals surface area (Å²) < 4.78 is 42.9. The summed E-state index contributed by atoms with van der Waals surface area (Å²) in [5.41, 5.74) is 0. The van der Waals surface area contributed by atoms with Crippen molar-refractivity contribution in [2.24, 2.45) is 0 Å². The van der Waals surface area contributed by atoms with Crippen LogP contribution in [0.1, 0.15) is 194 Å². The number of hydrogen-bond acceptors (Lipinski definition) is 14. The van der Waals surface area contributed by atoms with Crippen LogP contribution in [-0.2, 0) is 37.9 Å². The van der Waals surface area contributed by atoms with E-state index in [9.17, 15) is 15.3 Å². The molecule has 1 fully saturated rings. The first-order valence-electron chi connectivity index (χ1n) is 26.5. The number of hydrogen-bond donors (Lipinski definition) is 6. The van der Waals surface area contributed by atoms with Crippen molar-refractivity contribution in [3.63, 3.8) is 0 Å². The van der Waals surface area contributed by atoms with Crippen molar-refractivity contribution in [2.75, 3.05) is 106 Å². The van der Waals surface area contributed by atoms with Gasteiger partial charge in [-0.1, -0.05) is 175 Å². The van der Waals surface area contributed by atoms with Crippen molar-refractivity contribution in [2.45, 2.75) is 225 Å². The van der Waals surface area contributed by atoms with Gasteiger partial charge in [0.2, 0.25) is 0 Å². The second kappa shape index (κ2) is 57.8. The molecule has 14 heteroatoms. The van der Waals surface area contributed by atoms with Gasteiger partial charge in [0.1, 0.15) is 24.4 Å². The molecule has 394 valence electrons. The predicted octanol–water partition coefficient (Wildman–Crippen LogP) is 8.45. The fourth-order valence-electron chi connectivity index (χ4n) is 7.03. The van der Waals surface area contributed by atoms with Crippen molar-refractivity contribution in [1.82, 2.24) is 0 Å². The molecule has 0 radical (unpaired) electrons. The normalized spacial score (nSPS) is 18.3. The molecule has 0 aromatic carbocycles. The third-order valence-electron chi connectivity index (χ3n) is 11.1. The summed E-state index contributed by atoms with van der Waals surface area (Å²) in [4.78, 5) is 0. The highest BCUT2D eigenvalue weighted by molar-refractivity contribution is 4.88. The molecule has 1 aliphatic rings. The Hall–Kier alpha value is -0.560. The lowest BCUT2D eigenvalue weighted by Gasteiger charge is -2.39. The number of rotatable bonds is 48. The smallest absolute Gasteiger partial charge is 0.186 e. The summed E-state index contributed by atoms with van der Waals surface area (Å²) >= 11 is 0. The van der Waals surface area contributed by atoms with Gasteiger partial charge >= 0.3 is 0 Å². The Morgan fingerprint density at radius 2 is 0.615 bits per heavy atom. The molecule has 5 unspecified atom stereocenters. The van der Waals surface area contributed by atoms with Gasteiger partial charge in [-0.05, 0) is 19.3 Å². The van der Waals surface area contributed by atoms with Crippen LogP contribution in [0, 0.1) is 0 Å². The Kier molecular flexibility index (Phi) is 59.1. The predicted molar refractivity (Wildman–Crippen MR) is 260 cm³/mol. The molecule has 1 aliphatic heterocycles. The molecule has 0 aromatic rings. The summed E-state index contributed by atoms with van der Waals surface area (Å²) in [5, 5.41) is 55.4. The van der Waals surface area contributed by atoms with E-state index in [0.29, 0.717) is 66.1 Å². The van der Waals surface area contributed by atoms with Crippen LogP contribution in [0.15, 0.2) is 0 Å². The Labute approximate surface area is 398 Å². The Balaban J connectivity index is 0. The lowest BCUT2D eigenvalue weighted by molar-refractivity contribution is -0.302. The van der Waals surface area contributed by atoms with Gasteiger partial charge in [0.05, 0.1) is 85.9 Å². The molecule has 65 heavy (non-hydrogen) atoms. The van der Waals surface area contributed by atoms with Gasteiger partial charge < -0.3 is 68.5 Å². The highest BCUT2D eigenvalue weighted by Crippen LogP contribution is 2.22. The molecule has 6 N–H and O–H groups in total. The quantitative estimate of drug-likeness (QED) is 0.0318. The Morgan fingerprint density at radius 1 is 0.308 bits per heavy atom. The van der Waals surface area contributed by atoms with Gasteiger partial charge in [-0.25, -0.2) is 0 Å². The number of ether oxygens (including phenoxy) is 8. The van der Waals surface area contributed by atoms with E-state index < -0.39 is 37.3 Å². The highest BCUT2D eigenvalue weighted by Gasteiger charge is 2.43. The number of aliphatic hydroxyl groups is 6. The molecule has 0 saturated carbocycles. The average molecular weight is 943 g/mol. The molecular formula is C51H106O14. The van der Waals surface area contributed by atoms with Crippen LogP contribution < -0.4 is 0 Å². The number of unbranched alkanes of at least 4 members (excludes halogenated alkanes) is 24. The molecule has 14 nitrogen and oxygen atoms in total. The molecule has 5 atom stereocenters. The molecule has 0 amide bonds. The van der Waals surface area contributed by atoms with Crippen LogP contribution in [0.4, 0.5) is 0 Å². The molecule has 0 aromatic heterocycles. The molecule has 1 heterocycles. The zero-order chi connectivity index (χ0) is 47.9. The fraction of sp³-hybridized carbons (Fsp3) is 1.00. The van der Waals surface area contributed by atoms with Gasteiger partial charge in [0, 0.05) is 19.8 Å². The lowest BCUT2D eigenvalue weighted by atomic mass is 9.99. The van der Waals surface area contributed by atoms with E-state index in [0.717, 1.165) is 32.5 Å². The maximum absolute atomic E-state index is 9.86. The first-order chi connectivity index (χ1) is 31.9. The summed E-state index contributed by atoms with van der Waals surface area (Å²) in [6, 6.07) is 0. The molecule has 1 saturated heterocycles. The molecule has 0 bridgehead atoms. The van der Waals surface area contributed by atoms with Crippen LogP contribution in [0.2, 0.25) is 0 Å². The zero-order valence-corrected chi connectivity index (χ0v) is 42.2.